The minimum Gasteiger partial charge on any atom is -0.462 e. The third-order valence-electron chi connectivity index (χ3n) is 1.28. The van der Waals surface area contributed by atoms with Crippen LogP contribution in [0, 0.1) is 0 Å². The van der Waals surface area contributed by atoms with E-state index in [4.69, 9.17) is 4.74 Å². The normalized spacial score (nSPS) is 8.42. The minimum absolute atomic E-state index is 0. The molecule has 0 aromatic heterocycles. The third kappa shape index (κ3) is 3.31. The van der Waals surface area contributed by atoms with Crippen molar-refractivity contribution in [3.8, 4) is 0 Å². The minimum atomic E-state index is -0.256. The molecule has 3 radical (unpaired) electrons. The second-order valence-electron chi connectivity index (χ2n) is 2.09. The Balaban J connectivity index is 0.00000121. The van der Waals surface area contributed by atoms with Crippen molar-refractivity contribution in [2.45, 2.75) is 6.92 Å². The van der Waals surface area contributed by atoms with Gasteiger partial charge >= 0.3 is 5.97 Å². The van der Waals surface area contributed by atoms with Crippen LogP contribution in [0.3, 0.4) is 0 Å². The summed E-state index contributed by atoms with van der Waals surface area (Å²) in [6.45, 7) is 2.22. The molecule has 0 saturated carbocycles. The maximum Gasteiger partial charge on any atom is 0.338 e. The molecule has 12 heavy (non-hydrogen) atoms. The molecule has 2 nitrogen and oxygen atoms in total. The van der Waals surface area contributed by atoms with Crippen LogP contribution in [0.4, 0.5) is 0 Å². The summed E-state index contributed by atoms with van der Waals surface area (Å²) >= 11 is 0. The summed E-state index contributed by atoms with van der Waals surface area (Å²) in [5.74, 6) is -0.256. The van der Waals surface area contributed by atoms with Gasteiger partial charge in [-0.1, -0.05) is 18.2 Å². The molecule has 0 heterocycles. The second-order valence-corrected chi connectivity index (χ2v) is 2.09. The van der Waals surface area contributed by atoms with Gasteiger partial charge in [0.1, 0.15) is 0 Å². The molecule has 63 valence electrons. The predicted octanol–water partition coefficient (Wildman–Crippen LogP) is 1.48. The van der Waals surface area contributed by atoms with E-state index in [0.29, 0.717) is 12.2 Å². The van der Waals surface area contributed by atoms with E-state index in [0.717, 1.165) is 0 Å². The zero-order valence-corrected chi connectivity index (χ0v) is 10.3. The first-order chi connectivity index (χ1) is 5.34. The number of benzene rings is 1. The van der Waals surface area contributed by atoms with Crippen LogP contribution in [0.5, 0.6) is 0 Å². The van der Waals surface area contributed by atoms with Crippen molar-refractivity contribution >= 4 is 32.2 Å². The fraction of sp³-hybridized carbons (Fsp3) is 0.222. The fourth-order valence-corrected chi connectivity index (χ4v) is 0.789. The number of carbonyl (C=O) groups is 1. The van der Waals surface area contributed by atoms with Gasteiger partial charge in [0.25, 0.3) is 0 Å². The number of esters is 1. The largest absolute Gasteiger partial charge is 0.462 e. The van der Waals surface area contributed by atoms with Crippen molar-refractivity contribution in [2.24, 2.45) is 0 Å². The van der Waals surface area contributed by atoms with Gasteiger partial charge in [0, 0.05) is 26.2 Å². The summed E-state index contributed by atoms with van der Waals surface area (Å²) in [6.07, 6.45) is 0. The second kappa shape index (κ2) is 6.13. The number of rotatable bonds is 2. The Bertz CT molecular complexity index is 234. The molecule has 1 aromatic carbocycles. The number of carbonyl (C=O) groups excluding carboxylic acids is 1. The van der Waals surface area contributed by atoms with Gasteiger partial charge in [0.2, 0.25) is 0 Å². The van der Waals surface area contributed by atoms with Crippen LogP contribution in [0.25, 0.3) is 0 Å². The van der Waals surface area contributed by atoms with E-state index in [1.165, 1.54) is 0 Å². The van der Waals surface area contributed by atoms with Crippen LogP contribution in [0.15, 0.2) is 30.3 Å². The van der Waals surface area contributed by atoms with E-state index in [-0.39, 0.29) is 32.2 Å². The van der Waals surface area contributed by atoms with Gasteiger partial charge < -0.3 is 4.74 Å². The molecule has 0 aliphatic heterocycles. The van der Waals surface area contributed by atoms with Crippen molar-refractivity contribution in [1.29, 1.82) is 0 Å². The van der Waals surface area contributed by atoms with Gasteiger partial charge in [-0.2, -0.15) is 0 Å². The molecule has 1 rings (SSSR count). The van der Waals surface area contributed by atoms with Gasteiger partial charge in [-0.25, -0.2) is 4.79 Å². The Morgan fingerprint density at radius 3 is 2.42 bits per heavy atom. The quantitative estimate of drug-likeness (QED) is 0.591. The Morgan fingerprint density at radius 2 is 1.92 bits per heavy atom. The standard InChI is InChI=1S/C9H10O2.Bi/c1-2-11-9(10)8-6-4-3-5-7-8;/h3-7H,2H2,1H3;. The summed E-state index contributed by atoms with van der Waals surface area (Å²) in [4.78, 5) is 11.0. The van der Waals surface area contributed by atoms with Crippen LogP contribution in [-0.4, -0.2) is 38.8 Å². The zero-order chi connectivity index (χ0) is 8.10. The molecule has 0 amide bonds. The van der Waals surface area contributed by atoms with E-state index in [1.807, 2.05) is 18.2 Å². The van der Waals surface area contributed by atoms with Gasteiger partial charge in [-0.05, 0) is 19.1 Å². The van der Waals surface area contributed by atoms with Crippen molar-refractivity contribution in [1.82, 2.24) is 0 Å². The molecule has 0 atom stereocenters. The fourth-order valence-electron chi connectivity index (χ4n) is 0.789. The van der Waals surface area contributed by atoms with E-state index in [2.05, 4.69) is 0 Å². The number of hydrogen-bond donors (Lipinski definition) is 0. The molecule has 0 N–H and O–H groups in total. The smallest absolute Gasteiger partial charge is 0.338 e. The van der Waals surface area contributed by atoms with Gasteiger partial charge in [-0.15, -0.1) is 0 Å². The van der Waals surface area contributed by atoms with E-state index >= 15 is 0 Å². The van der Waals surface area contributed by atoms with E-state index in [9.17, 15) is 4.79 Å². The number of ether oxygens (including phenoxy) is 1. The first kappa shape index (κ1) is 11.6. The predicted molar refractivity (Wildman–Crippen MR) is 48.2 cm³/mol. The molecule has 3 heteroatoms. The van der Waals surface area contributed by atoms with E-state index < -0.39 is 0 Å². The molecule has 0 bridgehead atoms. The molecule has 1 aromatic rings. The summed E-state index contributed by atoms with van der Waals surface area (Å²) in [5, 5.41) is 0. The number of hydrogen-bond acceptors (Lipinski definition) is 2. The van der Waals surface area contributed by atoms with Crippen LogP contribution in [0.2, 0.25) is 0 Å². The SMILES string of the molecule is CCOC(=O)c1ccccc1.[Bi]. The summed E-state index contributed by atoms with van der Waals surface area (Å²) in [7, 11) is 0. The molecule has 0 saturated heterocycles. The Hall–Kier alpha value is -0.427. The van der Waals surface area contributed by atoms with Crippen LogP contribution < -0.4 is 0 Å². The molecular weight excluding hydrogens is 349 g/mol. The van der Waals surface area contributed by atoms with Crippen molar-refractivity contribution in [3.05, 3.63) is 35.9 Å². The van der Waals surface area contributed by atoms with Crippen LogP contribution in [-0.2, 0) is 4.74 Å². The maximum absolute atomic E-state index is 11.0. The summed E-state index contributed by atoms with van der Waals surface area (Å²) in [6, 6.07) is 8.96. The van der Waals surface area contributed by atoms with Crippen molar-refractivity contribution in [2.75, 3.05) is 6.61 Å². The maximum atomic E-state index is 11.0. The first-order valence-corrected chi connectivity index (χ1v) is 3.56. The Morgan fingerprint density at radius 1 is 1.33 bits per heavy atom. The molecule has 0 aliphatic rings. The molecule has 0 aliphatic carbocycles. The van der Waals surface area contributed by atoms with Gasteiger partial charge in [0.15, 0.2) is 0 Å². The Kier molecular flexibility index (Phi) is 5.91. The zero-order valence-electron chi connectivity index (χ0n) is 6.86. The molecule has 0 fully saturated rings. The van der Waals surface area contributed by atoms with Crippen molar-refractivity contribution in [3.63, 3.8) is 0 Å². The van der Waals surface area contributed by atoms with E-state index in [1.54, 1.807) is 19.1 Å². The summed E-state index contributed by atoms with van der Waals surface area (Å²) < 4.78 is 4.79. The molecule has 0 spiro atoms. The molecule has 0 unspecified atom stereocenters. The molecular formula is C9H10BiO2. The third-order valence-corrected chi connectivity index (χ3v) is 1.28. The first-order valence-electron chi connectivity index (χ1n) is 3.56. The average molecular weight is 359 g/mol. The van der Waals surface area contributed by atoms with Crippen molar-refractivity contribution < 1.29 is 9.53 Å². The Labute approximate surface area is 91.0 Å². The average Bonchev–Trinajstić information content (AvgIpc) is 2.07. The van der Waals surface area contributed by atoms with Gasteiger partial charge in [-0.3, -0.25) is 0 Å². The van der Waals surface area contributed by atoms with Gasteiger partial charge in [0.05, 0.1) is 12.2 Å². The monoisotopic (exact) mass is 359 g/mol. The summed E-state index contributed by atoms with van der Waals surface area (Å²) in [5.41, 5.74) is 0.606. The van der Waals surface area contributed by atoms with Crippen LogP contribution >= 0.6 is 0 Å². The topological polar surface area (TPSA) is 26.3 Å². The van der Waals surface area contributed by atoms with Crippen LogP contribution in [0.1, 0.15) is 17.3 Å².